The summed E-state index contributed by atoms with van der Waals surface area (Å²) in [6.45, 7) is 0.0515. The van der Waals surface area contributed by atoms with E-state index in [-0.39, 0.29) is 35.7 Å². The van der Waals surface area contributed by atoms with E-state index >= 15 is 0 Å². The first-order chi connectivity index (χ1) is 11.1. The van der Waals surface area contributed by atoms with Gasteiger partial charge in [-0.3, -0.25) is 14.9 Å². The van der Waals surface area contributed by atoms with Crippen molar-refractivity contribution in [3.05, 3.63) is 46.0 Å². The van der Waals surface area contributed by atoms with Gasteiger partial charge in [-0.15, -0.1) is 0 Å². The number of aliphatic hydroxyl groups excluding tert-OH is 1. The molecule has 0 heterocycles. The summed E-state index contributed by atoms with van der Waals surface area (Å²) < 4.78 is 0. The largest absolute Gasteiger partial charge is 0.396 e. The van der Waals surface area contributed by atoms with Gasteiger partial charge in [0.05, 0.1) is 4.92 Å². The van der Waals surface area contributed by atoms with Gasteiger partial charge in [0.1, 0.15) is 5.69 Å². The first-order valence-electron chi connectivity index (χ1n) is 7.72. The number of anilines is 1. The lowest BCUT2D eigenvalue weighted by Gasteiger charge is -2.13. The Morgan fingerprint density at radius 3 is 2.74 bits per heavy atom. The van der Waals surface area contributed by atoms with Crippen LogP contribution in [0, 0.1) is 16.0 Å². The van der Waals surface area contributed by atoms with Crippen molar-refractivity contribution in [2.24, 2.45) is 5.92 Å². The fourth-order valence-corrected chi connectivity index (χ4v) is 2.66. The van der Waals surface area contributed by atoms with Crippen molar-refractivity contribution in [3.63, 3.8) is 0 Å². The SMILES string of the molecule is O=C(N[C@@H]1C=C[C@H](CO)C1)c1ccc(NC2CC2)c([N+](=O)[O-])c1. The Hall–Kier alpha value is -2.41. The second kappa shape index (κ2) is 6.37. The number of nitro groups is 1. The lowest BCUT2D eigenvalue weighted by Crippen LogP contribution is -2.32. The van der Waals surface area contributed by atoms with Gasteiger partial charge in [-0.2, -0.15) is 0 Å². The van der Waals surface area contributed by atoms with Gasteiger partial charge in [0.2, 0.25) is 0 Å². The highest BCUT2D eigenvalue weighted by atomic mass is 16.6. The predicted molar refractivity (Wildman–Crippen MR) is 85.3 cm³/mol. The van der Waals surface area contributed by atoms with Crippen LogP contribution in [0.3, 0.4) is 0 Å². The number of nitrogens with zero attached hydrogens (tertiary/aromatic N) is 1. The standard InChI is InChI=1S/C16H19N3O4/c20-9-10-1-3-13(7-10)18-16(21)11-2-6-14(17-12-4-5-12)15(8-11)19(22)23/h1-3,6,8,10,12-13,17,20H,4-5,7,9H2,(H,18,21)/t10-,13+/m0/s1. The summed E-state index contributed by atoms with van der Waals surface area (Å²) in [5, 5.41) is 26.2. The summed E-state index contributed by atoms with van der Waals surface area (Å²) in [6, 6.07) is 4.64. The summed E-state index contributed by atoms with van der Waals surface area (Å²) >= 11 is 0. The van der Waals surface area contributed by atoms with E-state index in [2.05, 4.69) is 10.6 Å². The smallest absolute Gasteiger partial charge is 0.293 e. The van der Waals surface area contributed by atoms with Gasteiger partial charge in [-0.1, -0.05) is 12.2 Å². The van der Waals surface area contributed by atoms with Crippen LogP contribution in [0.4, 0.5) is 11.4 Å². The predicted octanol–water partition coefficient (Wildman–Crippen LogP) is 1.84. The molecule has 7 heteroatoms. The van der Waals surface area contributed by atoms with Gasteiger partial charge in [0.25, 0.3) is 11.6 Å². The van der Waals surface area contributed by atoms with Crippen LogP contribution in [0.1, 0.15) is 29.6 Å². The lowest BCUT2D eigenvalue weighted by molar-refractivity contribution is -0.384. The summed E-state index contributed by atoms with van der Waals surface area (Å²) in [5.41, 5.74) is 0.633. The Bertz CT molecular complexity index is 655. The van der Waals surface area contributed by atoms with Crippen molar-refractivity contribution >= 4 is 17.3 Å². The van der Waals surface area contributed by atoms with Gasteiger partial charge >= 0.3 is 0 Å². The molecule has 2 aliphatic carbocycles. The minimum atomic E-state index is -0.473. The highest BCUT2D eigenvalue weighted by molar-refractivity contribution is 5.96. The Balaban J connectivity index is 1.71. The van der Waals surface area contributed by atoms with Crippen LogP contribution in [-0.4, -0.2) is 34.6 Å². The molecular weight excluding hydrogens is 298 g/mol. The van der Waals surface area contributed by atoms with Crippen molar-refractivity contribution < 1.29 is 14.8 Å². The monoisotopic (exact) mass is 317 g/mol. The van der Waals surface area contributed by atoms with Crippen LogP contribution in [0.15, 0.2) is 30.4 Å². The van der Waals surface area contributed by atoms with E-state index in [0.29, 0.717) is 18.2 Å². The molecule has 0 saturated heterocycles. The Labute approximate surface area is 133 Å². The second-order valence-corrected chi connectivity index (χ2v) is 6.05. The number of amides is 1. The van der Waals surface area contributed by atoms with Crippen molar-refractivity contribution in [2.45, 2.75) is 31.3 Å². The van der Waals surface area contributed by atoms with Crippen LogP contribution < -0.4 is 10.6 Å². The van der Waals surface area contributed by atoms with E-state index in [9.17, 15) is 14.9 Å². The molecule has 1 saturated carbocycles. The van der Waals surface area contributed by atoms with Crippen LogP contribution in [0.25, 0.3) is 0 Å². The fraction of sp³-hybridized carbons (Fsp3) is 0.438. The number of aliphatic hydroxyl groups is 1. The first kappa shape index (κ1) is 15.5. The van der Waals surface area contributed by atoms with E-state index in [1.165, 1.54) is 6.07 Å². The summed E-state index contributed by atoms with van der Waals surface area (Å²) in [4.78, 5) is 23.0. The minimum absolute atomic E-state index is 0.0515. The van der Waals surface area contributed by atoms with Gasteiger partial charge in [0.15, 0.2) is 0 Å². The number of rotatable bonds is 6. The van der Waals surface area contributed by atoms with E-state index < -0.39 is 4.92 Å². The summed E-state index contributed by atoms with van der Waals surface area (Å²) in [5.74, 6) is -0.293. The van der Waals surface area contributed by atoms with Crippen LogP contribution in [-0.2, 0) is 0 Å². The molecule has 2 aliphatic rings. The summed E-state index contributed by atoms with van der Waals surface area (Å²) in [7, 11) is 0. The van der Waals surface area contributed by atoms with E-state index in [1.54, 1.807) is 12.1 Å². The zero-order chi connectivity index (χ0) is 16.4. The number of nitrogens with one attached hydrogen (secondary N) is 2. The van der Waals surface area contributed by atoms with Crippen molar-refractivity contribution in [1.29, 1.82) is 0 Å². The number of nitro benzene ring substituents is 1. The van der Waals surface area contributed by atoms with Crippen molar-refractivity contribution in [3.8, 4) is 0 Å². The molecule has 0 bridgehead atoms. The van der Waals surface area contributed by atoms with Gasteiger partial charge < -0.3 is 15.7 Å². The molecular formula is C16H19N3O4. The molecule has 3 rings (SSSR count). The molecule has 0 unspecified atom stereocenters. The molecule has 1 amide bonds. The average molecular weight is 317 g/mol. The van der Waals surface area contributed by atoms with Crippen LogP contribution >= 0.6 is 0 Å². The third-order valence-electron chi connectivity index (χ3n) is 4.12. The second-order valence-electron chi connectivity index (χ2n) is 6.05. The van der Waals surface area contributed by atoms with Crippen molar-refractivity contribution in [2.75, 3.05) is 11.9 Å². The molecule has 7 nitrogen and oxygen atoms in total. The number of benzene rings is 1. The molecule has 1 aromatic rings. The van der Waals surface area contributed by atoms with E-state index in [1.807, 2.05) is 12.2 Å². The zero-order valence-corrected chi connectivity index (χ0v) is 12.6. The number of carbonyl (C=O) groups is 1. The molecule has 23 heavy (non-hydrogen) atoms. The number of hydrogen-bond donors (Lipinski definition) is 3. The number of hydrogen-bond acceptors (Lipinski definition) is 5. The maximum atomic E-state index is 12.3. The topological polar surface area (TPSA) is 104 Å². The minimum Gasteiger partial charge on any atom is -0.396 e. The van der Waals surface area contributed by atoms with Crippen molar-refractivity contribution in [1.82, 2.24) is 5.32 Å². The first-order valence-corrected chi connectivity index (χ1v) is 7.72. The molecule has 1 aromatic carbocycles. The lowest BCUT2D eigenvalue weighted by atomic mass is 10.1. The summed E-state index contributed by atoms with van der Waals surface area (Å²) in [6.07, 6.45) is 6.39. The van der Waals surface area contributed by atoms with E-state index in [0.717, 1.165) is 12.8 Å². The highest BCUT2D eigenvalue weighted by Crippen LogP contribution is 2.31. The van der Waals surface area contributed by atoms with Gasteiger partial charge in [-0.05, 0) is 31.4 Å². The molecule has 2 atom stereocenters. The van der Waals surface area contributed by atoms with Crippen LogP contribution in [0.5, 0.6) is 0 Å². The average Bonchev–Trinajstić information content (AvgIpc) is 3.23. The number of carbonyl (C=O) groups excluding carboxylic acids is 1. The third-order valence-corrected chi connectivity index (χ3v) is 4.12. The highest BCUT2D eigenvalue weighted by Gasteiger charge is 2.26. The maximum absolute atomic E-state index is 12.3. The zero-order valence-electron chi connectivity index (χ0n) is 12.6. The fourth-order valence-electron chi connectivity index (χ4n) is 2.66. The molecule has 0 radical (unpaired) electrons. The van der Waals surface area contributed by atoms with Gasteiger partial charge in [-0.25, -0.2) is 0 Å². The molecule has 0 aliphatic heterocycles. The molecule has 3 N–H and O–H groups in total. The molecule has 0 spiro atoms. The Morgan fingerprint density at radius 2 is 2.13 bits per heavy atom. The van der Waals surface area contributed by atoms with Crippen LogP contribution in [0.2, 0.25) is 0 Å². The van der Waals surface area contributed by atoms with Gasteiger partial charge in [0, 0.05) is 36.2 Å². The Kier molecular flexibility index (Phi) is 4.29. The molecule has 122 valence electrons. The third kappa shape index (κ3) is 3.68. The Morgan fingerprint density at radius 1 is 1.35 bits per heavy atom. The normalized spacial score (nSPS) is 22.8. The molecule has 0 aromatic heterocycles. The van der Waals surface area contributed by atoms with E-state index in [4.69, 9.17) is 5.11 Å². The molecule has 1 fully saturated rings. The maximum Gasteiger partial charge on any atom is 0.293 e. The quantitative estimate of drug-likeness (QED) is 0.422.